The highest BCUT2D eigenvalue weighted by molar-refractivity contribution is 9.10. The van der Waals surface area contributed by atoms with Crippen LogP contribution in [0.3, 0.4) is 0 Å². The van der Waals surface area contributed by atoms with E-state index in [2.05, 4.69) is 15.9 Å². The molecule has 0 aliphatic rings. The second kappa shape index (κ2) is 4.56. The van der Waals surface area contributed by atoms with Crippen molar-refractivity contribution in [3.8, 4) is 6.07 Å². The number of hydrogen-bond donors (Lipinski definition) is 2. The lowest BCUT2D eigenvalue weighted by Crippen LogP contribution is -2.23. The van der Waals surface area contributed by atoms with E-state index in [0.29, 0.717) is 10.0 Å². The number of halogens is 1. The maximum atomic E-state index is 9.33. The van der Waals surface area contributed by atoms with E-state index in [4.69, 9.17) is 11.0 Å². The third kappa shape index (κ3) is 2.13. The predicted molar refractivity (Wildman–Crippen MR) is 57.5 cm³/mol. The minimum absolute atomic E-state index is 0.474. The maximum absolute atomic E-state index is 9.33. The van der Waals surface area contributed by atoms with Crippen LogP contribution in [0, 0.1) is 11.3 Å². The van der Waals surface area contributed by atoms with Crippen LogP contribution < -0.4 is 5.73 Å². The van der Waals surface area contributed by atoms with E-state index in [1.165, 1.54) is 0 Å². The molecule has 1 rings (SSSR count). The van der Waals surface area contributed by atoms with Crippen molar-refractivity contribution in [3.63, 3.8) is 0 Å². The summed E-state index contributed by atoms with van der Waals surface area (Å²) >= 11 is 3.30. The standard InChI is InChI=1S/C10H11BrN2O/c1-6(14)10(13)8-4-2-3-7(5-12)9(8)11/h2-4,6,10,14H,13H2,1H3/t6-,10+/m1/s1. The highest BCUT2D eigenvalue weighted by atomic mass is 79.9. The molecule has 0 amide bonds. The van der Waals surface area contributed by atoms with Gasteiger partial charge in [-0.05, 0) is 34.5 Å². The van der Waals surface area contributed by atoms with Crippen molar-refractivity contribution < 1.29 is 5.11 Å². The van der Waals surface area contributed by atoms with Crippen molar-refractivity contribution >= 4 is 15.9 Å². The lowest BCUT2D eigenvalue weighted by molar-refractivity contribution is 0.164. The van der Waals surface area contributed by atoms with E-state index in [0.717, 1.165) is 5.56 Å². The predicted octanol–water partition coefficient (Wildman–Crippen LogP) is 1.70. The second-order valence-electron chi connectivity index (χ2n) is 3.09. The first-order valence-corrected chi connectivity index (χ1v) is 4.99. The van der Waals surface area contributed by atoms with Crippen molar-refractivity contribution in [2.75, 3.05) is 0 Å². The van der Waals surface area contributed by atoms with Gasteiger partial charge in [-0.15, -0.1) is 0 Å². The molecule has 0 aromatic heterocycles. The molecular weight excluding hydrogens is 244 g/mol. The second-order valence-corrected chi connectivity index (χ2v) is 3.88. The summed E-state index contributed by atoms with van der Waals surface area (Å²) in [7, 11) is 0. The Kier molecular flexibility index (Phi) is 3.64. The average Bonchev–Trinajstić information content (AvgIpc) is 2.17. The van der Waals surface area contributed by atoms with Gasteiger partial charge in [0, 0.05) is 4.47 Å². The van der Waals surface area contributed by atoms with E-state index < -0.39 is 12.1 Å². The van der Waals surface area contributed by atoms with Gasteiger partial charge >= 0.3 is 0 Å². The van der Waals surface area contributed by atoms with Gasteiger partial charge in [0.05, 0.1) is 17.7 Å². The Morgan fingerprint density at radius 2 is 2.21 bits per heavy atom. The fraction of sp³-hybridized carbons (Fsp3) is 0.300. The van der Waals surface area contributed by atoms with E-state index >= 15 is 0 Å². The molecular formula is C10H11BrN2O. The summed E-state index contributed by atoms with van der Waals surface area (Å²) in [6, 6.07) is 6.81. The molecule has 0 saturated carbocycles. The third-order valence-corrected chi connectivity index (χ3v) is 2.91. The highest BCUT2D eigenvalue weighted by Crippen LogP contribution is 2.26. The lowest BCUT2D eigenvalue weighted by atomic mass is 10.0. The Morgan fingerprint density at radius 3 is 2.71 bits per heavy atom. The van der Waals surface area contributed by atoms with Crippen LogP contribution in [0.1, 0.15) is 24.1 Å². The van der Waals surface area contributed by atoms with Gasteiger partial charge in [0.15, 0.2) is 0 Å². The van der Waals surface area contributed by atoms with Crippen LogP contribution in [-0.2, 0) is 0 Å². The molecule has 1 aromatic rings. The number of benzene rings is 1. The van der Waals surface area contributed by atoms with Crippen molar-refractivity contribution in [2.24, 2.45) is 5.73 Å². The molecule has 0 aliphatic heterocycles. The fourth-order valence-corrected chi connectivity index (χ4v) is 1.77. The van der Waals surface area contributed by atoms with Crippen molar-refractivity contribution in [1.82, 2.24) is 0 Å². The van der Waals surface area contributed by atoms with Gasteiger partial charge in [-0.1, -0.05) is 12.1 Å². The van der Waals surface area contributed by atoms with E-state index in [1.54, 1.807) is 25.1 Å². The van der Waals surface area contributed by atoms with Crippen molar-refractivity contribution in [2.45, 2.75) is 19.1 Å². The van der Waals surface area contributed by atoms with Crippen molar-refractivity contribution in [1.29, 1.82) is 5.26 Å². The summed E-state index contributed by atoms with van der Waals surface area (Å²) in [5.74, 6) is 0. The van der Waals surface area contributed by atoms with Gasteiger partial charge < -0.3 is 10.8 Å². The summed E-state index contributed by atoms with van der Waals surface area (Å²) in [6.45, 7) is 1.62. The first-order valence-electron chi connectivity index (χ1n) is 4.20. The number of nitrogens with two attached hydrogens (primary N) is 1. The van der Waals surface area contributed by atoms with E-state index in [1.807, 2.05) is 6.07 Å². The van der Waals surface area contributed by atoms with Crippen LogP contribution in [0.15, 0.2) is 22.7 Å². The van der Waals surface area contributed by atoms with Crippen LogP contribution >= 0.6 is 15.9 Å². The van der Waals surface area contributed by atoms with E-state index in [-0.39, 0.29) is 0 Å². The Bertz CT molecular complexity index is 371. The summed E-state index contributed by atoms with van der Waals surface area (Å²) in [5.41, 5.74) is 7.05. The summed E-state index contributed by atoms with van der Waals surface area (Å²) < 4.78 is 0.663. The quantitative estimate of drug-likeness (QED) is 0.844. The Balaban J connectivity index is 3.17. The molecule has 0 heterocycles. The summed E-state index contributed by atoms with van der Waals surface area (Å²) in [4.78, 5) is 0. The van der Waals surface area contributed by atoms with Gasteiger partial charge in [0.25, 0.3) is 0 Å². The molecule has 3 nitrogen and oxygen atoms in total. The topological polar surface area (TPSA) is 70.0 Å². The smallest absolute Gasteiger partial charge is 0.100 e. The number of rotatable bonds is 2. The summed E-state index contributed by atoms with van der Waals surface area (Å²) in [6.07, 6.45) is -0.639. The van der Waals surface area contributed by atoms with Crippen LogP contribution in [-0.4, -0.2) is 11.2 Å². The molecule has 0 bridgehead atoms. The number of hydrogen-bond acceptors (Lipinski definition) is 3. The minimum Gasteiger partial charge on any atom is -0.391 e. The van der Waals surface area contributed by atoms with Crippen LogP contribution in [0.5, 0.6) is 0 Å². The zero-order chi connectivity index (χ0) is 10.7. The molecule has 3 N–H and O–H groups in total. The van der Waals surface area contributed by atoms with Gasteiger partial charge in [-0.3, -0.25) is 0 Å². The Morgan fingerprint density at radius 1 is 1.57 bits per heavy atom. The number of nitrogens with zero attached hydrogens (tertiary/aromatic N) is 1. The first kappa shape index (κ1) is 11.2. The molecule has 0 spiro atoms. The molecule has 0 aliphatic carbocycles. The van der Waals surface area contributed by atoms with Crippen LogP contribution in [0.25, 0.3) is 0 Å². The molecule has 74 valence electrons. The van der Waals surface area contributed by atoms with E-state index in [9.17, 15) is 5.11 Å². The molecule has 1 aromatic carbocycles. The first-order chi connectivity index (χ1) is 6.57. The molecule has 0 radical (unpaired) electrons. The lowest BCUT2D eigenvalue weighted by Gasteiger charge is -2.16. The summed E-state index contributed by atoms with van der Waals surface area (Å²) in [5, 5.41) is 18.1. The zero-order valence-electron chi connectivity index (χ0n) is 7.74. The highest BCUT2D eigenvalue weighted by Gasteiger charge is 2.16. The van der Waals surface area contributed by atoms with Crippen LogP contribution in [0.2, 0.25) is 0 Å². The van der Waals surface area contributed by atoms with Crippen molar-refractivity contribution in [3.05, 3.63) is 33.8 Å². The van der Waals surface area contributed by atoms with Gasteiger partial charge in [-0.25, -0.2) is 0 Å². The number of aliphatic hydroxyl groups excluding tert-OH is 1. The molecule has 2 atom stereocenters. The number of nitriles is 1. The fourth-order valence-electron chi connectivity index (χ4n) is 1.15. The number of aliphatic hydroxyl groups is 1. The Labute approximate surface area is 91.3 Å². The minimum atomic E-state index is -0.639. The Hall–Kier alpha value is -0.890. The van der Waals surface area contributed by atoms with Crippen LogP contribution in [0.4, 0.5) is 0 Å². The largest absolute Gasteiger partial charge is 0.391 e. The monoisotopic (exact) mass is 254 g/mol. The third-order valence-electron chi connectivity index (χ3n) is 2.03. The molecule has 14 heavy (non-hydrogen) atoms. The normalized spacial score (nSPS) is 14.5. The zero-order valence-corrected chi connectivity index (χ0v) is 9.32. The molecule has 0 fully saturated rings. The SMILES string of the molecule is C[C@@H](O)[C@H](N)c1cccc(C#N)c1Br. The molecule has 4 heteroatoms. The molecule has 0 unspecified atom stereocenters. The molecule has 0 saturated heterocycles. The van der Waals surface area contributed by atoms with Gasteiger partial charge in [0.1, 0.15) is 6.07 Å². The maximum Gasteiger partial charge on any atom is 0.100 e. The van der Waals surface area contributed by atoms with Gasteiger partial charge in [0.2, 0.25) is 0 Å². The average molecular weight is 255 g/mol. The van der Waals surface area contributed by atoms with Gasteiger partial charge in [-0.2, -0.15) is 5.26 Å².